The van der Waals surface area contributed by atoms with Crippen molar-refractivity contribution in [1.29, 1.82) is 0 Å². The third-order valence-corrected chi connectivity index (χ3v) is 3.47. The highest BCUT2D eigenvalue weighted by Crippen LogP contribution is 2.31. The van der Waals surface area contributed by atoms with E-state index < -0.39 is 0 Å². The first-order valence-electron chi connectivity index (χ1n) is 6.85. The normalized spacial score (nSPS) is 10.9. The van der Waals surface area contributed by atoms with Gasteiger partial charge in [0.1, 0.15) is 0 Å². The maximum atomic E-state index is 4.75. The van der Waals surface area contributed by atoms with Crippen LogP contribution in [0.2, 0.25) is 0 Å². The smallest absolute Gasteiger partial charge is 0.0726 e. The van der Waals surface area contributed by atoms with Crippen molar-refractivity contribution in [2.24, 2.45) is 0 Å². The second-order valence-corrected chi connectivity index (χ2v) is 5.14. The fraction of sp³-hybridized carbons (Fsp3) is 0.438. The number of aromatic nitrogens is 1. The van der Waals surface area contributed by atoms with Crippen molar-refractivity contribution in [1.82, 2.24) is 10.3 Å². The van der Waals surface area contributed by atoms with Crippen molar-refractivity contribution < 1.29 is 0 Å². The molecule has 2 aromatic rings. The molecule has 0 bridgehead atoms. The molecule has 0 saturated carbocycles. The van der Waals surface area contributed by atoms with Crippen molar-refractivity contribution in [3.05, 3.63) is 35.5 Å². The van der Waals surface area contributed by atoms with Gasteiger partial charge in [-0.3, -0.25) is 4.98 Å². The lowest BCUT2D eigenvalue weighted by Gasteiger charge is -2.21. The largest absolute Gasteiger partial charge is 0.377 e. The molecule has 1 aromatic carbocycles. The number of rotatable bonds is 5. The van der Waals surface area contributed by atoms with Crippen LogP contribution in [0.4, 0.5) is 5.69 Å². The summed E-state index contributed by atoms with van der Waals surface area (Å²) in [4.78, 5) is 6.96. The Kier molecular flexibility index (Phi) is 4.38. The van der Waals surface area contributed by atoms with Gasteiger partial charge in [-0.05, 0) is 45.0 Å². The molecule has 1 aromatic heterocycles. The van der Waals surface area contributed by atoms with Gasteiger partial charge in [0.2, 0.25) is 0 Å². The lowest BCUT2D eigenvalue weighted by atomic mass is 10.0. The zero-order valence-electron chi connectivity index (χ0n) is 12.3. The highest BCUT2D eigenvalue weighted by molar-refractivity contribution is 5.93. The third kappa shape index (κ3) is 2.87. The summed E-state index contributed by atoms with van der Waals surface area (Å²) in [5, 5.41) is 4.46. The van der Waals surface area contributed by atoms with E-state index in [1.807, 2.05) is 7.05 Å². The Labute approximate surface area is 115 Å². The zero-order valence-corrected chi connectivity index (χ0v) is 12.3. The molecule has 3 nitrogen and oxygen atoms in total. The number of fused-ring (bicyclic) bond motifs is 1. The van der Waals surface area contributed by atoms with E-state index in [0.29, 0.717) is 0 Å². The molecule has 1 heterocycles. The quantitative estimate of drug-likeness (QED) is 0.835. The van der Waals surface area contributed by atoms with Crippen LogP contribution in [0.1, 0.15) is 17.7 Å². The van der Waals surface area contributed by atoms with E-state index in [0.717, 1.165) is 30.6 Å². The molecule has 1 N–H and O–H groups in total. The van der Waals surface area contributed by atoms with Gasteiger partial charge in [-0.25, -0.2) is 0 Å². The standard InChI is InChI=1S/C16H23N3/c1-12-13(9-7-11-17-2)16(19(3)4)14-8-5-6-10-15(14)18-12/h5-6,8,10,17H,7,9,11H2,1-4H3. The summed E-state index contributed by atoms with van der Waals surface area (Å²) in [7, 11) is 6.23. The first-order chi connectivity index (χ1) is 9.15. The van der Waals surface area contributed by atoms with Gasteiger partial charge in [0, 0.05) is 25.2 Å². The van der Waals surface area contributed by atoms with Crippen molar-refractivity contribution in [3.63, 3.8) is 0 Å². The van der Waals surface area contributed by atoms with E-state index in [1.54, 1.807) is 0 Å². The fourth-order valence-corrected chi connectivity index (χ4v) is 2.61. The van der Waals surface area contributed by atoms with Gasteiger partial charge >= 0.3 is 0 Å². The van der Waals surface area contributed by atoms with E-state index in [1.165, 1.54) is 16.6 Å². The molecule has 0 aliphatic carbocycles. The zero-order chi connectivity index (χ0) is 13.8. The van der Waals surface area contributed by atoms with Gasteiger partial charge in [-0.2, -0.15) is 0 Å². The number of hydrogen-bond acceptors (Lipinski definition) is 3. The number of anilines is 1. The van der Waals surface area contributed by atoms with Crippen LogP contribution in [0, 0.1) is 6.92 Å². The van der Waals surface area contributed by atoms with Crippen LogP contribution in [0.3, 0.4) is 0 Å². The average molecular weight is 257 g/mol. The van der Waals surface area contributed by atoms with Crippen LogP contribution in [0.5, 0.6) is 0 Å². The minimum atomic E-state index is 1.04. The minimum Gasteiger partial charge on any atom is -0.377 e. The SMILES string of the molecule is CNCCCc1c(C)nc2ccccc2c1N(C)C. The van der Waals surface area contributed by atoms with Crippen LogP contribution in [-0.4, -0.2) is 32.7 Å². The molecule has 19 heavy (non-hydrogen) atoms. The molecule has 0 aliphatic rings. The molecular formula is C16H23N3. The van der Waals surface area contributed by atoms with Gasteiger partial charge in [0.25, 0.3) is 0 Å². The monoisotopic (exact) mass is 257 g/mol. The third-order valence-electron chi connectivity index (χ3n) is 3.47. The fourth-order valence-electron chi connectivity index (χ4n) is 2.61. The van der Waals surface area contributed by atoms with Crippen molar-refractivity contribution in [2.45, 2.75) is 19.8 Å². The first-order valence-corrected chi connectivity index (χ1v) is 6.85. The number of aryl methyl sites for hydroxylation is 1. The predicted molar refractivity (Wildman–Crippen MR) is 83.1 cm³/mol. The van der Waals surface area contributed by atoms with Crippen molar-refractivity contribution in [3.8, 4) is 0 Å². The second-order valence-electron chi connectivity index (χ2n) is 5.14. The van der Waals surface area contributed by atoms with Gasteiger partial charge in [-0.15, -0.1) is 0 Å². The number of nitrogens with zero attached hydrogens (tertiary/aromatic N) is 2. The van der Waals surface area contributed by atoms with Crippen molar-refractivity contribution in [2.75, 3.05) is 32.6 Å². The topological polar surface area (TPSA) is 28.2 Å². The number of benzene rings is 1. The maximum absolute atomic E-state index is 4.75. The molecule has 2 rings (SSSR count). The second kappa shape index (κ2) is 6.02. The molecule has 0 spiro atoms. The molecule has 102 valence electrons. The van der Waals surface area contributed by atoms with Crippen LogP contribution in [0.15, 0.2) is 24.3 Å². The minimum absolute atomic E-state index is 1.04. The summed E-state index contributed by atoms with van der Waals surface area (Å²) in [5.74, 6) is 0. The lowest BCUT2D eigenvalue weighted by Crippen LogP contribution is -2.15. The van der Waals surface area contributed by atoms with E-state index in [-0.39, 0.29) is 0 Å². The number of nitrogens with one attached hydrogen (secondary N) is 1. The lowest BCUT2D eigenvalue weighted by molar-refractivity contribution is 0.721. The Morgan fingerprint density at radius 3 is 2.63 bits per heavy atom. The average Bonchev–Trinajstić information content (AvgIpc) is 2.38. The summed E-state index contributed by atoms with van der Waals surface area (Å²) in [6.45, 7) is 3.16. The van der Waals surface area contributed by atoms with E-state index in [4.69, 9.17) is 4.98 Å². The Morgan fingerprint density at radius 2 is 1.95 bits per heavy atom. The van der Waals surface area contributed by atoms with Crippen LogP contribution in [-0.2, 0) is 6.42 Å². The van der Waals surface area contributed by atoms with Crippen LogP contribution < -0.4 is 10.2 Å². The van der Waals surface area contributed by atoms with E-state index in [9.17, 15) is 0 Å². The van der Waals surface area contributed by atoms with E-state index >= 15 is 0 Å². The van der Waals surface area contributed by atoms with Gasteiger partial charge in [-0.1, -0.05) is 18.2 Å². The highest BCUT2D eigenvalue weighted by atomic mass is 15.1. The van der Waals surface area contributed by atoms with Crippen molar-refractivity contribution >= 4 is 16.6 Å². The molecule has 3 heteroatoms. The number of hydrogen-bond donors (Lipinski definition) is 1. The summed E-state index contributed by atoms with van der Waals surface area (Å²) in [6.07, 6.45) is 2.20. The van der Waals surface area contributed by atoms with Crippen LogP contribution in [0.25, 0.3) is 10.9 Å². The molecule has 0 amide bonds. The van der Waals surface area contributed by atoms with E-state index in [2.05, 4.69) is 55.5 Å². The molecule has 0 aliphatic heterocycles. The molecule has 0 atom stereocenters. The maximum Gasteiger partial charge on any atom is 0.0726 e. The van der Waals surface area contributed by atoms with Gasteiger partial charge in [0.15, 0.2) is 0 Å². The van der Waals surface area contributed by atoms with Crippen LogP contribution >= 0.6 is 0 Å². The molecule has 0 radical (unpaired) electrons. The predicted octanol–water partition coefficient (Wildman–Crippen LogP) is 2.76. The molecular weight excluding hydrogens is 234 g/mol. The summed E-state index contributed by atoms with van der Waals surface area (Å²) >= 11 is 0. The molecule has 0 unspecified atom stereocenters. The Bertz CT molecular complexity index is 561. The number of para-hydroxylation sites is 1. The van der Waals surface area contributed by atoms with Gasteiger partial charge in [0.05, 0.1) is 11.2 Å². The van der Waals surface area contributed by atoms with Gasteiger partial charge < -0.3 is 10.2 Å². The summed E-state index contributed by atoms with van der Waals surface area (Å²) in [5.41, 5.74) is 4.93. The Balaban J connectivity index is 2.54. The Hall–Kier alpha value is -1.61. The first kappa shape index (κ1) is 13.8. The summed E-state index contributed by atoms with van der Waals surface area (Å²) in [6, 6.07) is 8.39. The highest BCUT2D eigenvalue weighted by Gasteiger charge is 2.13. The molecule has 0 saturated heterocycles. The molecule has 0 fully saturated rings. The summed E-state index contributed by atoms with van der Waals surface area (Å²) < 4.78 is 0. The Morgan fingerprint density at radius 1 is 1.21 bits per heavy atom. The number of pyridine rings is 1.